The van der Waals surface area contributed by atoms with Crippen LogP contribution in [-0.4, -0.2) is 58.7 Å². The average molecular weight is 464 g/mol. The number of rotatable bonds is 8. The van der Waals surface area contributed by atoms with Crippen LogP contribution in [0.15, 0.2) is 59.4 Å². The number of benzene rings is 2. The van der Waals surface area contributed by atoms with Gasteiger partial charge in [-0.3, -0.25) is 14.4 Å². The molecular weight excluding hydrogens is 434 g/mol. The van der Waals surface area contributed by atoms with Gasteiger partial charge in [0.15, 0.2) is 6.10 Å². The van der Waals surface area contributed by atoms with E-state index in [1.807, 2.05) is 54.6 Å². The summed E-state index contributed by atoms with van der Waals surface area (Å²) in [6, 6.07) is 17.5. The second-order valence-corrected chi connectivity index (χ2v) is 8.31. The van der Waals surface area contributed by atoms with Crippen LogP contribution < -0.4 is 5.56 Å². The summed E-state index contributed by atoms with van der Waals surface area (Å²) in [5.41, 5.74) is 2.71. The fourth-order valence-electron chi connectivity index (χ4n) is 4.08. The van der Waals surface area contributed by atoms with E-state index in [9.17, 15) is 14.4 Å². The highest BCUT2D eigenvalue weighted by atomic mass is 16.5. The minimum atomic E-state index is -0.877. The monoisotopic (exact) mass is 463 g/mol. The Bertz CT molecular complexity index is 1200. The van der Waals surface area contributed by atoms with Gasteiger partial charge >= 0.3 is 5.97 Å². The van der Waals surface area contributed by atoms with Gasteiger partial charge in [-0.25, -0.2) is 4.98 Å². The molecule has 1 saturated heterocycles. The molecule has 1 aliphatic heterocycles. The predicted octanol–water partition coefficient (Wildman–Crippen LogP) is 2.36. The Morgan fingerprint density at radius 3 is 2.50 bits per heavy atom. The average Bonchev–Trinajstić information content (AvgIpc) is 2.87. The number of hydrogen-bond acceptors (Lipinski definition) is 6. The van der Waals surface area contributed by atoms with Gasteiger partial charge in [-0.2, -0.15) is 0 Å². The van der Waals surface area contributed by atoms with E-state index in [0.29, 0.717) is 50.5 Å². The summed E-state index contributed by atoms with van der Waals surface area (Å²) in [5, 5.41) is 0. The summed E-state index contributed by atoms with van der Waals surface area (Å²) in [7, 11) is 0. The van der Waals surface area contributed by atoms with E-state index in [2.05, 4.69) is 4.98 Å². The Balaban J connectivity index is 1.44. The van der Waals surface area contributed by atoms with Gasteiger partial charge in [0.25, 0.3) is 11.5 Å². The molecule has 8 nitrogen and oxygen atoms in total. The van der Waals surface area contributed by atoms with Crippen LogP contribution >= 0.6 is 0 Å². The Labute approximate surface area is 198 Å². The van der Waals surface area contributed by atoms with Gasteiger partial charge in [-0.05, 0) is 31.0 Å². The summed E-state index contributed by atoms with van der Waals surface area (Å²) in [6.07, 6.45) is -0.0540. The predicted molar refractivity (Wildman–Crippen MR) is 127 cm³/mol. The van der Waals surface area contributed by atoms with Crippen LogP contribution in [0.5, 0.6) is 0 Å². The molecule has 1 atom stereocenters. The summed E-state index contributed by atoms with van der Waals surface area (Å²) in [5.74, 6) is -0.761. The van der Waals surface area contributed by atoms with Gasteiger partial charge in [0.05, 0.1) is 30.7 Å². The zero-order valence-corrected chi connectivity index (χ0v) is 19.3. The molecule has 178 valence electrons. The Kier molecular flexibility index (Phi) is 7.69. The van der Waals surface area contributed by atoms with Gasteiger partial charge in [0.1, 0.15) is 5.69 Å². The van der Waals surface area contributed by atoms with Gasteiger partial charge in [-0.15, -0.1) is 0 Å². The molecule has 1 fully saturated rings. The van der Waals surface area contributed by atoms with E-state index in [1.54, 1.807) is 16.4 Å². The van der Waals surface area contributed by atoms with E-state index in [0.717, 1.165) is 11.1 Å². The van der Waals surface area contributed by atoms with Crippen molar-refractivity contribution in [2.24, 2.45) is 0 Å². The number of amides is 1. The first kappa shape index (κ1) is 23.6. The summed E-state index contributed by atoms with van der Waals surface area (Å²) >= 11 is 0. The zero-order valence-electron chi connectivity index (χ0n) is 19.3. The lowest BCUT2D eigenvalue weighted by Gasteiger charge is -2.28. The molecule has 0 radical (unpaired) electrons. The second-order valence-electron chi connectivity index (χ2n) is 8.31. The highest BCUT2D eigenvalue weighted by Crippen LogP contribution is 2.13. The lowest BCUT2D eigenvalue weighted by molar-refractivity contribution is -0.160. The largest absolute Gasteiger partial charge is 0.453 e. The first-order valence-electron chi connectivity index (χ1n) is 11.6. The molecule has 1 aliphatic rings. The van der Waals surface area contributed by atoms with E-state index in [-0.39, 0.29) is 24.3 Å². The van der Waals surface area contributed by atoms with Crippen molar-refractivity contribution in [2.45, 2.75) is 38.8 Å². The van der Waals surface area contributed by atoms with Gasteiger partial charge in [-0.1, -0.05) is 42.5 Å². The number of fused-ring (bicyclic) bond motifs is 1. The van der Waals surface area contributed by atoms with Crippen molar-refractivity contribution >= 4 is 22.9 Å². The topological polar surface area (TPSA) is 90.7 Å². The van der Waals surface area contributed by atoms with Crippen molar-refractivity contribution in [3.05, 3.63) is 76.2 Å². The number of ether oxygens (including phenoxy) is 2. The molecule has 0 bridgehead atoms. The third kappa shape index (κ3) is 5.69. The van der Waals surface area contributed by atoms with Crippen molar-refractivity contribution in [2.75, 3.05) is 26.3 Å². The number of para-hydroxylation sites is 2. The van der Waals surface area contributed by atoms with Crippen LogP contribution in [0.2, 0.25) is 0 Å². The molecule has 0 N–H and O–H groups in total. The highest BCUT2D eigenvalue weighted by molar-refractivity contribution is 5.83. The van der Waals surface area contributed by atoms with Gasteiger partial charge in [0, 0.05) is 26.1 Å². The van der Waals surface area contributed by atoms with Crippen molar-refractivity contribution in [1.29, 1.82) is 0 Å². The number of carbonyl (C=O) groups is 2. The standard InChI is InChI=1S/C26H29N3O5/c1-19(25(31)28-15-17-33-18-16-28)34-24(30)12-11-22-26(32)29(14-13-20-7-3-2-4-8-20)23-10-6-5-9-21(23)27-22/h2-10,19H,11-18H2,1H3. The number of carbonyl (C=O) groups excluding carboxylic acids is 2. The van der Waals surface area contributed by atoms with E-state index in [4.69, 9.17) is 9.47 Å². The lowest BCUT2D eigenvalue weighted by atomic mass is 10.1. The number of aromatic nitrogens is 2. The summed E-state index contributed by atoms with van der Waals surface area (Å²) in [4.78, 5) is 44.3. The first-order valence-corrected chi connectivity index (χ1v) is 11.6. The molecule has 8 heteroatoms. The smallest absolute Gasteiger partial charge is 0.306 e. The number of morpholine rings is 1. The molecule has 1 amide bonds. The van der Waals surface area contributed by atoms with Gasteiger partial charge < -0.3 is 18.9 Å². The maximum atomic E-state index is 13.2. The van der Waals surface area contributed by atoms with Crippen molar-refractivity contribution in [3.63, 3.8) is 0 Å². The minimum absolute atomic E-state index is 0.0278. The van der Waals surface area contributed by atoms with Crippen molar-refractivity contribution in [1.82, 2.24) is 14.5 Å². The lowest BCUT2D eigenvalue weighted by Crippen LogP contribution is -2.46. The number of aryl methyl sites for hydroxylation is 3. The molecule has 34 heavy (non-hydrogen) atoms. The molecule has 3 aromatic rings. The zero-order chi connectivity index (χ0) is 23.9. The van der Waals surface area contributed by atoms with Crippen LogP contribution in [0.25, 0.3) is 11.0 Å². The summed E-state index contributed by atoms with van der Waals surface area (Å²) < 4.78 is 12.3. The molecule has 1 unspecified atom stereocenters. The van der Waals surface area contributed by atoms with E-state index >= 15 is 0 Å². The Morgan fingerprint density at radius 2 is 1.74 bits per heavy atom. The van der Waals surface area contributed by atoms with E-state index < -0.39 is 12.1 Å². The van der Waals surface area contributed by atoms with Crippen LogP contribution in [-0.2, 0) is 38.4 Å². The number of nitrogens with zero attached hydrogens (tertiary/aromatic N) is 3. The molecule has 0 saturated carbocycles. The maximum absolute atomic E-state index is 13.2. The molecule has 0 spiro atoms. The van der Waals surface area contributed by atoms with E-state index in [1.165, 1.54) is 0 Å². The molecule has 2 aromatic carbocycles. The molecule has 4 rings (SSSR count). The number of hydrogen-bond donors (Lipinski definition) is 0. The fourth-order valence-corrected chi connectivity index (χ4v) is 4.08. The molecule has 1 aromatic heterocycles. The first-order chi connectivity index (χ1) is 16.5. The van der Waals surface area contributed by atoms with Crippen LogP contribution in [0.4, 0.5) is 0 Å². The molecule has 2 heterocycles. The molecular formula is C26H29N3O5. The quantitative estimate of drug-likeness (QED) is 0.477. The summed E-state index contributed by atoms with van der Waals surface area (Å²) in [6.45, 7) is 4.02. The Hall–Kier alpha value is -3.52. The van der Waals surface area contributed by atoms with Crippen molar-refractivity contribution in [3.8, 4) is 0 Å². The van der Waals surface area contributed by atoms with Crippen LogP contribution in [0.3, 0.4) is 0 Å². The normalized spacial score (nSPS) is 14.7. The fraction of sp³-hybridized carbons (Fsp3) is 0.385. The third-order valence-electron chi connectivity index (χ3n) is 5.93. The Morgan fingerprint density at radius 1 is 1.03 bits per heavy atom. The van der Waals surface area contributed by atoms with Crippen molar-refractivity contribution < 1.29 is 19.1 Å². The highest BCUT2D eigenvalue weighted by Gasteiger charge is 2.25. The second kappa shape index (κ2) is 11.1. The van der Waals surface area contributed by atoms with Gasteiger partial charge in [0.2, 0.25) is 0 Å². The van der Waals surface area contributed by atoms with Crippen LogP contribution in [0.1, 0.15) is 24.6 Å². The molecule has 0 aliphatic carbocycles. The maximum Gasteiger partial charge on any atom is 0.306 e. The van der Waals surface area contributed by atoms with Crippen LogP contribution in [0, 0.1) is 0 Å². The number of esters is 1. The third-order valence-corrected chi connectivity index (χ3v) is 5.93. The SMILES string of the molecule is CC(OC(=O)CCc1nc2ccccc2n(CCc2ccccc2)c1=O)C(=O)N1CCOCC1. The minimum Gasteiger partial charge on any atom is -0.453 e.